The van der Waals surface area contributed by atoms with Crippen molar-refractivity contribution in [3.63, 3.8) is 0 Å². The summed E-state index contributed by atoms with van der Waals surface area (Å²) in [6.45, 7) is 6.94. The van der Waals surface area contributed by atoms with Crippen molar-refractivity contribution in [1.29, 1.82) is 0 Å². The Morgan fingerprint density at radius 1 is 0.571 bits per heavy atom. The molecule has 0 bridgehead atoms. The zero-order valence-corrected chi connectivity index (χ0v) is 11.3. The van der Waals surface area contributed by atoms with Crippen LogP contribution < -0.4 is 0 Å². The summed E-state index contributed by atoms with van der Waals surface area (Å²) >= 11 is 0. The molecule has 86 valence electrons. The molecular formula is C13H29S+. The monoisotopic (exact) mass is 217 g/mol. The normalized spacial score (nSPS) is 11.1. The molecule has 14 heavy (non-hydrogen) atoms. The first-order chi connectivity index (χ1) is 6.85. The minimum atomic E-state index is 0.770. The molecule has 0 heterocycles. The lowest BCUT2D eigenvalue weighted by molar-refractivity contribution is 0.658. The van der Waals surface area contributed by atoms with Gasteiger partial charge in [-0.25, -0.2) is 0 Å². The lowest BCUT2D eigenvalue weighted by Crippen LogP contribution is -2.15. The van der Waals surface area contributed by atoms with Crippen LogP contribution in [-0.4, -0.2) is 17.3 Å². The van der Waals surface area contributed by atoms with E-state index in [9.17, 15) is 0 Å². The maximum atomic E-state index is 2.33. The molecule has 0 unspecified atom stereocenters. The fourth-order valence-electron chi connectivity index (χ4n) is 1.79. The van der Waals surface area contributed by atoms with Gasteiger partial charge in [-0.3, -0.25) is 0 Å². The van der Waals surface area contributed by atoms with Gasteiger partial charge in [0, 0.05) is 0 Å². The van der Waals surface area contributed by atoms with Crippen molar-refractivity contribution in [3.8, 4) is 0 Å². The number of hydrogen-bond acceptors (Lipinski definition) is 0. The van der Waals surface area contributed by atoms with E-state index in [0.29, 0.717) is 0 Å². The zero-order chi connectivity index (χ0) is 10.6. The maximum Gasteiger partial charge on any atom is 0.108 e. The van der Waals surface area contributed by atoms with E-state index < -0.39 is 0 Å². The summed E-state index contributed by atoms with van der Waals surface area (Å²) in [5.74, 6) is 4.49. The minimum Gasteiger partial charge on any atom is -0.0654 e. The summed E-state index contributed by atoms with van der Waals surface area (Å²) in [7, 11) is 0.770. The summed E-state index contributed by atoms with van der Waals surface area (Å²) in [4.78, 5) is 0. The van der Waals surface area contributed by atoms with E-state index in [1.807, 2.05) is 0 Å². The van der Waals surface area contributed by atoms with E-state index in [2.05, 4.69) is 20.8 Å². The first-order valence-corrected chi connectivity index (χ1v) is 8.22. The Kier molecular flexibility index (Phi) is 11.7. The van der Waals surface area contributed by atoms with Gasteiger partial charge in [0.15, 0.2) is 0 Å². The van der Waals surface area contributed by atoms with Crippen LogP contribution in [0.2, 0.25) is 0 Å². The standard InChI is InChI=1S/C13H29S/c1-4-7-8-9-10-13-14(11-5-2)12-6-3/h4-13H2,1-3H3/q+1. The highest BCUT2D eigenvalue weighted by molar-refractivity contribution is 7.96. The van der Waals surface area contributed by atoms with Crippen LogP contribution in [-0.2, 0) is 10.9 Å². The Morgan fingerprint density at radius 3 is 1.64 bits per heavy atom. The zero-order valence-electron chi connectivity index (χ0n) is 10.5. The SMILES string of the molecule is CCCCCCC[S+](CCC)CCC. The Balaban J connectivity index is 3.30. The van der Waals surface area contributed by atoms with Crippen molar-refractivity contribution in [2.24, 2.45) is 0 Å². The molecule has 0 aromatic carbocycles. The Hall–Kier alpha value is 0.350. The van der Waals surface area contributed by atoms with Crippen molar-refractivity contribution < 1.29 is 0 Å². The molecule has 0 saturated heterocycles. The van der Waals surface area contributed by atoms with Crippen LogP contribution in [0.3, 0.4) is 0 Å². The van der Waals surface area contributed by atoms with Gasteiger partial charge in [0.25, 0.3) is 0 Å². The van der Waals surface area contributed by atoms with Gasteiger partial charge in [-0.2, -0.15) is 0 Å². The van der Waals surface area contributed by atoms with E-state index in [-0.39, 0.29) is 0 Å². The third kappa shape index (κ3) is 8.93. The predicted molar refractivity (Wildman–Crippen MR) is 71.3 cm³/mol. The Labute approximate surface area is 94.2 Å². The number of rotatable bonds is 10. The van der Waals surface area contributed by atoms with Crippen LogP contribution in [0.4, 0.5) is 0 Å². The highest BCUT2D eigenvalue weighted by Gasteiger charge is 2.14. The highest BCUT2D eigenvalue weighted by Crippen LogP contribution is 2.08. The summed E-state index contributed by atoms with van der Waals surface area (Å²) in [6, 6.07) is 0. The average molecular weight is 217 g/mol. The number of unbranched alkanes of at least 4 members (excludes halogenated alkanes) is 4. The second-order valence-electron chi connectivity index (χ2n) is 4.14. The fourth-order valence-corrected chi connectivity index (χ4v) is 4.17. The highest BCUT2D eigenvalue weighted by atomic mass is 32.2. The van der Waals surface area contributed by atoms with Crippen LogP contribution >= 0.6 is 0 Å². The molecule has 0 aromatic rings. The molecule has 0 spiro atoms. The third-order valence-corrected chi connectivity index (χ3v) is 5.36. The van der Waals surface area contributed by atoms with Crippen molar-refractivity contribution in [2.75, 3.05) is 17.3 Å². The third-order valence-electron chi connectivity index (χ3n) is 2.52. The lowest BCUT2D eigenvalue weighted by atomic mass is 10.2. The molecule has 0 aliphatic heterocycles. The molecule has 0 atom stereocenters. The quantitative estimate of drug-likeness (QED) is 0.376. The van der Waals surface area contributed by atoms with Crippen molar-refractivity contribution >= 4 is 10.9 Å². The summed E-state index contributed by atoms with van der Waals surface area (Å²) in [5.41, 5.74) is 0. The smallest absolute Gasteiger partial charge is 0.0654 e. The average Bonchev–Trinajstić information content (AvgIpc) is 2.18. The van der Waals surface area contributed by atoms with E-state index in [1.54, 1.807) is 0 Å². The van der Waals surface area contributed by atoms with Crippen molar-refractivity contribution in [3.05, 3.63) is 0 Å². The first kappa shape index (κ1) is 14.3. The van der Waals surface area contributed by atoms with Crippen LogP contribution in [0.25, 0.3) is 0 Å². The number of hydrogen-bond donors (Lipinski definition) is 0. The van der Waals surface area contributed by atoms with Gasteiger partial charge in [-0.15, -0.1) is 0 Å². The van der Waals surface area contributed by atoms with Crippen LogP contribution in [0.5, 0.6) is 0 Å². The van der Waals surface area contributed by atoms with Gasteiger partial charge in [0.2, 0.25) is 0 Å². The largest absolute Gasteiger partial charge is 0.108 e. The second-order valence-corrected chi connectivity index (χ2v) is 6.59. The van der Waals surface area contributed by atoms with Crippen LogP contribution in [0.1, 0.15) is 65.7 Å². The van der Waals surface area contributed by atoms with Gasteiger partial charge < -0.3 is 0 Å². The molecule has 0 nitrogen and oxygen atoms in total. The van der Waals surface area contributed by atoms with E-state index in [0.717, 1.165) is 10.9 Å². The van der Waals surface area contributed by atoms with Gasteiger partial charge in [-0.1, -0.05) is 40.0 Å². The molecule has 0 N–H and O–H groups in total. The molecule has 0 aliphatic carbocycles. The summed E-state index contributed by atoms with van der Waals surface area (Å²) in [6.07, 6.45) is 10.0. The Morgan fingerprint density at radius 2 is 1.14 bits per heavy atom. The predicted octanol–water partition coefficient (Wildman–Crippen LogP) is 4.40. The summed E-state index contributed by atoms with van der Waals surface area (Å²) in [5, 5.41) is 0. The summed E-state index contributed by atoms with van der Waals surface area (Å²) < 4.78 is 0. The molecule has 0 aliphatic rings. The van der Waals surface area contributed by atoms with Gasteiger partial charge >= 0.3 is 0 Å². The maximum absolute atomic E-state index is 2.33. The second kappa shape index (κ2) is 11.4. The molecular weight excluding hydrogens is 188 g/mol. The van der Waals surface area contributed by atoms with E-state index >= 15 is 0 Å². The van der Waals surface area contributed by atoms with Gasteiger partial charge in [-0.05, 0) is 36.6 Å². The molecule has 0 amide bonds. The lowest BCUT2D eigenvalue weighted by Gasteiger charge is -2.06. The van der Waals surface area contributed by atoms with E-state index in [4.69, 9.17) is 0 Å². The Bertz CT molecular complexity index is 95.4. The minimum absolute atomic E-state index is 0.770. The fraction of sp³-hybridized carbons (Fsp3) is 1.00. The van der Waals surface area contributed by atoms with Crippen LogP contribution in [0.15, 0.2) is 0 Å². The molecule has 0 rings (SSSR count). The van der Waals surface area contributed by atoms with Gasteiger partial charge in [0.05, 0.1) is 0 Å². The van der Waals surface area contributed by atoms with Gasteiger partial charge in [0.1, 0.15) is 17.3 Å². The molecule has 0 fully saturated rings. The molecule has 1 heteroatoms. The van der Waals surface area contributed by atoms with Crippen molar-refractivity contribution in [2.45, 2.75) is 65.7 Å². The molecule has 0 aromatic heterocycles. The molecule has 0 saturated carbocycles. The molecule has 0 radical (unpaired) electrons. The van der Waals surface area contributed by atoms with Crippen molar-refractivity contribution in [1.82, 2.24) is 0 Å². The van der Waals surface area contributed by atoms with E-state index in [1.165, 1.54) is 62.2 Å². The van der Waals surface area contributed by atoms with Crippen LogP contribution in [0, 0.1) is 0 Å². The first-order valence-electron chi connectivity index (χ1n) is 6.49. The topological polar surface area (TPSA) is 0 Å².